The van der Waals surface area contributed by atoms with Gasteiger partial charge < -0.3 is 9.47 Å². The van der Waals surface area contributed by atoms with Gasteiger partial charge in [-0.1, -0.05) is 42.5 Å². The quantitative estimate of drug-likeness (QED) is 0.286. The van der Waals surface area contributed by atoms with Crippen molar-refractivity contribution in [1.29, 1.82) is 0 Å². The zero-order valence-electron chi connectivity index (χ0n) is 20.8. The average Bonchev–Trinajstić information content (AvgIpc) is 2.92. The van der Waals surface area contributed by atoms with Crippen molar-refractivity contribution in [2.75, 3.05) is 29.6 Å². The maximum absolute atomic E-state index is 13.5. The van der Waals surface area contributed by atoms with Crippen molar-refractivity contribution < 1.29 is 50.2 Å². The van der Waals surface area contributed by atoms with Crippen LogP contribution in [-0.4, -0.2) is 36.9 Å². The van der Waals surface area contributed by atoms with Crippen LogP contribution in [0.2, 0.25) is 0 Å². The molecule has 0 saturated heterocycles. The summed E-state index contributed by atoms with van der Waals surface area (Å²) >= 11 is 1.18. The summed E-state index contributed by atoms with van der Waals surface area (Å²) in [6, 6.07) is 14.8. The van der Waals surface area contributed by atoms with E-state index in [2.05, 4.69) is 0 Å². The van der Waals surface area contributed by atoms with E-state index < -0.39 is 71.5 Å². The third-order valence-electron chi connectivity index (χ3n) is 6.01. The molecule has 2 amide bonds. The molecule has 3 aromatic rings. The number of carbonyl (C=O) groups is 3. The lowest BCUT2D eigenvalue weighted by Gasteiger charge is -2.35. The van der Waals surface area contributed by atoms with Crippen molar-refractivity contribution in [1.82, 2.24) is 0 Å². The SMILES string of the molecule is O=C(Nc1ccccc1C(F)(F)F)OCC1(COC(=O)Nc2ccccc2C(F)(F)F)CSc2ccccc2C1=O. The van der Waals surface area contributed by atoms with Crippen LogP contribution in [0.5, 0.6) is 0 Å². The summed E-state index contributed by atoms with van der Waals surface area (Å²) in [6.45, 7) is -1.42. The number of nitrogens with one attached hydrogen (secondary N) is 2. The van der Waals surface area contributed by atoms with Crippen LogP contribution in [0, 0.1) is 5.41 Å². The standard InChI is InChI=1S/C27H20F6N2O5S/c28-26(29,30)17-8-2-4-10-19(17)34-23(37)39-13-25(15-41-21-12-6-1-7-16(21)22(25)36)14-40-24(38)35-20-11-5-3-9-18(20)27(31,32)33/h1-12H,13-15H2,(H,34,37)(H,35,38). The first kappa shape index (κ1) is 29.8. The Morgan fingerprint density at radius 3 is 1.66 bits per heavy atom. The lowest BCUT2D eigenvalue weighted by Crippen LogP contribution is -2.46. The minimum Gasteiger partial charge on any atom is -0.448 e. The molecule has 1 aliphatic rings. The molecule has 4 rings (SSSR count). The van der Waals surface area contributed by atoms with Crippen LogP contribution in [0.25, 0.3) is 0 Å². The van der Waals surface area contributed by atoms with Gasteiger partial charge in [0, 0.05) is 16.2 Å². The average molecular weight is 599 g/mol. The fraction of sp³-hybridized carbons (Fsp3) is 0.222. The Bertz CT molecular complexity index is 1380. The van der Waals surface area contributed by atoms with E-state index in [0.29, 0.717) is 4.90 Å². The van der Waals surface area contributed by atoms with Gasteiger partial charge in [0.15, 0.2) is 5.78 Å². The van der Waals surface area contributed by atoms with E-state index in [-0.39, 0.29) is 11.3 Å². The van der Waals surface area contributed by atoms with Crippen LogP contribution in [0.4, 0.5) is 47.3 Å². The molecule has 1 heterocycles. The highest BCUT2D eigenvalue weighted by Gasteiger charge is 2.46. The lowest BCUT2D eigenvalue weighted by molar-refractivity contribution is -0.137. The topological polar surface area (TPSA) is 93.7 Å². The summed E-state index contributed by atoms with van der Waals surface area (Å²) in [6.07, 6.45) is -12.1. The van der Waals surface area contributed by atoms with Crippen molar-refractivity contribution in [3.63, 3.8) is 0 Å². The first-order valence-corrected chi connectivity index (χ1v) is 12.8. The van der Waals surface area contributed by atoms with Crippen LogP contribution in [0.15, 0.2) is 77.7 Å². The number of para-hydroxylation sites is 2. The van der Waals surface area contributed by atoms with Crippen molar-refractivity contribution >= 4 is 41.1 Å². The third kappa shape index (κ3) is 6.93. The molecule has 1 aliphatic heterocycles. The molecule has 41 heavy (non-hydrogen) atoms. The molecule has 216 valence electrons. The van der Waals surface area contributed by atoms with E-state index in [1.54, 1.807) is 18.2 Å². The Kier molecular flexibility index (Phi) is 8.52. The second-order valence-electron chi connectivity index (χ2n) is 8.88. The Morgan fingerprint density at radius 2 is 1.17 bits per heavy atom. The number of rotatable bonds is 6. The number of hydrogen-bond acceptors (Lipinski definition) is 6. The highest BCUT2D eigenvalue weighted by Crippen LogP contribution is 2.41. The molecule has 3 aromatic carbocycles. The maximum Gasteiger partial charge on any atom is 0.418 e. The highest BCUT2D eigenvalue weighted by atomic mass is 32.2. The van der Waals surface area contributed by atoms with Gasteiger partial charge in [0.25, 0.3) is 0 Å². The molecule has 0 bridgehead atoms. The minimum absolute atomic E-state index is 0.0678. The van der Waals surface area contributed by atoms with Crippen LogP contribution >= 0.6 is 11.8 Å². The van der Waals surface area contributed by atoms with Crippen molar-refractivity contribution in [2.24, 2.45) is 5.41 Å². The van der Waals surface area contributed by atoms with Gasteiger partial charge in [-0.2, -0.15) is 26.3 Å². The van der Waals surface area contributed by atoms with Gasteiger partial charge in [-0.05, 0) is 30.3 Å². The fourth-order valence-corrected chi connectivity index (χ4v) is 5.20. The van der Waals surface area contributed by atoms with Crippen LogP contribution in [0.3, 0.4) is 0 Å². The normalized spacial score (nSPS) is 14.5. The number of Topliss-reactive ketones (excluding diaryl/α,β-unsaturated/α-hetero) is 1. The van der Waals surface area contributed by atoms with Crippen LogP contribution in [0.1, 0.15) is 21.5 Å². The fourth-order valence-electron chi connectivity index (χ4n) is 3.98. The molecular weight excluding hydrogens is 578 g/mol. The zero-order valence-corrected chi connectivity index (χ0v) is 21.6. The van der Waals surface area contributed by atoms with E-state index in [4.69, 9.17) is 9.47 Å². The van der Waals surface area contributed by atoms with E-state index >= 15 is 0 Å². The summed E-state index contributed by atoms with van der Waals surface area (Å²) in [5.74, 6) is -0.652. The molecule has 0 aliphatic carbocycles. The molecule has 0 unspecified atom stereocenters. The van der Waals surface area contributed by atoms with Crippen molar-refractivity contribution in [3.05, 3.63) is 89.5 Å². The number of benzene rings is 3. The molecule has 0 spiro atoms. The lowest BCUT2D eigenvalue weighted by atomic mass is 9.83. The van der Waals surface area contributed by atoms with Crippen molar-refractivity contribution in [3.8, 4) is 0 Å². The smallest absolute Gasteiger partial charge is 0.418 e. The Morgan fingerprint density at radius 1 is 0.732 bits per heavy atom. The highest BCUT2D eigenvalue weighted by molar-refractivity contribution is 7.99. The summed E-state index contributed by atoms with van der Waals surface area (Å²) in [4.78, 5) is 39.1. The van der Waals surface area contributed by atoms with E-state index in [9.17, 15) is 40.7 Å². The number of hydrogen-bond donors (Lipinski definition) is 2. The molecule has 7 nitrogen and oxygen atoms in total. The third-order valence-corrected chi connectivity index (χ3v) is 7.38. The van der Waals surface area contributed by atoms with Gasteiger partial charge in [0.1, 0.15) is 18.6 Å². The van der Waals surface area contributed by atoms with Gasteiger partial charge in [0.2, 0.25) is 0 Å². The number of ether oxygens (including phenoxy) is 2. The predicted molar refractivity (Wildman–Crippen MR) is 137 cm³/mol. The summed E-state index contributed by atoms with van der Waals surface area (Å²) in [7, 11) is 0. The molecule has 0 radical (unpaired) electrons. The summed E-state index contributed by atoms with van der Waals surface area (Å²) in [5.41, 5.74) is -4.86. The number of carbonyl (C=O) groups excluding carboxylic acids is 3. The first-order valence-electron chi connectivity index (χ1n) is 11.8. The summed E-state index contributed by atoms with van der Waals surface area (Å²) in [5, 5.41) is 4.00. The molecule has 0 fully saturated rings. The Labute approximate surface area is 233 Å². The Balaban J connectivity index is 1.51. The number of halogens is 6. The molecule has 2 N–H and O–H groups in total. The molecule has 0 saturated carbocycles. The van der Waals surface area contributed by atoms with Gasteiger partial charge >= 0.3 is 24.5 Å². The zero-order chi connectivity index (χ0) is 29.8. The van der Waals surface area contributed by atoms with Crippen LogP contribution in [-0.2, 0) is 21.8 Å². The van der Waals surface area contributed by atoms with Crippen LogP contribution < -0.4 is 10.6 Å². The summed E-state index contributed by atoms with van der Waals surface area (Å²) < 4.78 is 90.1. The Hall–Kier alpha value is -4.20. The van der Waals surface area contributed by atoms with E-state index in [0.717, 1.165) is 36.4 Å². The maximum atomic E-state index is 13.5. The van der Waals surface area contributed by atoms with Crippen molar-refractivity contribution in [2.45, 2.75) is 17.2 Å². The monoisotopic (exact) mass is 598 g/mol. The molecule has 0 atom stereocenters. The largest absolute Gasteiger partial charge is 0.448 e. The number of amides is 2. The van der Waals surface area contributed by atoms with Gasteiger partial charge in [-0.15, -0.1) is 11.8 Å². The van der Waals surface area contributed by atoms with Gasteiger partial charge in [-0.25, -0.2) is 9.59 Å². The second kappa shape index (κ2) is 11.7. The van der Waals surface area contributed by atoms with E-state index in [1.807, 2.05) is 10.6 Å². The molecule has 0 aromatic heterocycles. The number of alkyl halides is 6. The number of thioether (sulfide) groups is 1. The van der Waals surface area contributed by atoms with E-state index in [1.165, 1.54) is 30.0 Å². The number of ketones is 1. The number of anilines is 2. The molecular formula is C27H20F6N2O5S. The second-order valence-corrected chi connectivity index (χ2v) is 9.90. The van der Waals surface area contributed by atoms with Gasteiger partial charge in [0.05, 0.1) is 22.5 Å². The predicted octanol–water partition coefficient (Wildman–Crippen LogP) is 7.50. The number of fused-ring (bicyclic) bond motifs is 1. The van der Waals surface area contributed by atoms with Gasteiger partial charge in [-0.3, -0.25) is 15.4 Å². The molecule has 14 heteroatoms. The minimum atomic E-state index is -4.77. The first-order chi connectivity index (χ1) is 19.3.